The zero-order chi connectivity index (χ0) is 12.8. The van der Waals surface area contributed by atoms with Crippen LogP contribution in [0.25, 0.3) is 0 Å². The van der Waals surface area contributed by atoms with Crippen LogP contribution in [0, 0.1) is 11.7 Å². The van der Waals surface area contributed by atoms with Crippen molar-refractivity contribution in [2.45, 2.75) is 26.9 Å². The Morgan fingerprint density at radius 1 is 1.29 bits per heavy atom. The van der Waals surface area contributed by atoms with Crippen LogP contribution in [0.1, 0.15) is 20.8 Å². The van der Waals surface area contributed by atoms with Crippen LogP contribution < -0.4 is 10.1 Å². The number of rotatable bonds is 5. The molecule has 0 bridgehead atoms. The van der Waals surface area contributed by atoms with Crippen LogP contribution in [0.2, 0.25) is 0 Å². The average molecular weight is 239 g/mol. The molecule has 0 aromatic heterocycles. The van der Waals surface area contributed by atoms with Crippen LogP contribution in [0.5, 0.6) is 5.75 Å². The maximum absolute atomic E-state index is 12.7. The third-order valence-electron chi connectivity index (χ3n) is 2.18. The molecule has 0 saturated carbocycles. The van der Waals surface area contributed by atoms with E-state index >= 15 is 0 Å². The summed E-state index contributed by atoms with van der Waals surface area (Å²) >= 11 is 0. The summed E-state index contributed by atoms with van der Waals surface area (Å²) in [6, 6.07) is 5.60. The highest BCUT2D eigenvalue weighted by Crippen LogP contribution is 2.12. The zero-order valence-electron chi connectivity index (χ0n) is 10.4. The van der Waals surface area contributed by atoms with E-state index in [-0.39, 0.29) is 11.7 Å². The molecule has 1 aromatic carbocycles. The second kappa shape index (κ2) is 6.23. The molecule has 1 aromatic rings. The quantitative estimate of drug-likeness (QED) is 0.856. The van der Waals surface area contributed by atoms with Crippen molar-refractivity contribution in [3.8, 4) is 5.75 Å². The van der Waals surface area contributed by atoms with Crippen LogP contribution in [0.3, 0.4) is 0 Å². The van der Waals surface area contributed by atoms with E-state index < -0.39 is 6.10 Å². The number of halogens is 1. The number of hydrogen-bond acceptors (Lipinski definition) is 2. The van der Waals surface area contributed by atoms with Crippen LogP contribution in [-0.4, -0.2) is 18.6 Å². The summed E-state index contributed by atoms with van der Waals surface area (Å²) in [5.74, 6) is 0.396. The van der Waals surface area contributed by atoms with Gasteiger partial charge in [-0.05, 0) is 37.1 Å². The molecule has 0 saturated heterocycles. The lowest BCUT2D eigenvalue weighted by molar-refractivity contribution is -0.127. The maximum atomic E-state index is 12.7. The Bertz CT molecular complexity index is 362. The van der Waals surface area contributed by atoms with Crippen molar-refractivity contribution < 1.29 is 13.9 Å². The molecule has 1 atom stereocenters. The van der Waals surface area contributed by atoms with E-state index in [0.717, 1.165) is 0 Å². The molecule has 1 unspecified atom stereocenters. The Morgan fingerprint density at radius 2 is 1.88 bits per heavy atom. The monoisotopic (exact) mass is 239 g/mol. The van der Waals surface area contributed by atoms with Crippen LogP contribution in [-0.2, 0) is 4.79 Å². The summed E-state index contributed by atoms with van der Waals surface area (Å²) in [5.41, 5.74) is 0. The maximum Gasteiger partial charge on any atom is 0.260 e. The lowest BCUT2D eigenvalue weighted by atomic mass is 10.2. The van der Waals surface area contributed by atoms with E-state index in [0.29, 0.717) is 18.2 Å². The van der Waals surface area contributed by atoms with E-state index in [1.54, 1.807) is 6.92 Å². The third kappa shape index (κ3) is 4.85. The molecule has 1 amide bonds. The highest BCUT2D eigenvalue weighted by atomic mass is 19.1. The summed E-state index contributed by atoms with van der Waals surface area (Å²) in [7, 11) is 0. The second-order valence-corrected chi connectivity index (χ2v) is 4.35. The van der Waals surface area contributed by atoms with Gasteiger partial charge in [-0.15, -0.1) is 0 Å². The summed E-state index contributed by atoms with van der Waals surface area (Å²) < 4.78 is 18.0. The molecule has 0 aliphatic carbocycles. The first-order chi connectivity index (χ1) is 7.99. The first-order valence-corrected chi connectivity index (χ1v) is 5.69. The lowest BCUT2D eigenvalue weighted by Gasteiger charge is -2.15. The van der Waals surface area contributed by atoms with Gasteiger partial charge in [-0.1, -0.05) is 13.8 Å². The number of hydrogen-bond donors (Lipinski definition) is 1. The second-order valence-electron chi connectivity index (χ2n) is 4.35. The molecular formula is C13H18FNO2. The van der Waals surface area contributed by atoms with Crippen LogP contribution in [0.15, 0.2) is 24.3 Å². The predicted molar refractivity (Wildman–Crippen MR) is 64.3 cm³/mol. The minimum atomic E-state index is -0.584. The molecule has 0 fully saturated rings. The van der Waals surface area contributed by atoms with Gasteiger partial charge in [-0.25, -0.2) is 4.39 Å². The largest absolute Gasteiger partial charge is 0.481 e. The molecule has 1 rings (SSSR count). The van der Waals surface area contributed by atoms with E-state index in [1.807, 2.05) is 13.8 Å². The summed E-state index contributed by atoms with van der Waals surface area (Å²) in [4.78, 5) is 11.6. The third-order valence-corrected chi connectivity index (χ3v) is 2.18. The lowest BCUT2D eigenvalue weighted by Crippen LogP contribution is -2.38. The Labute approximate surface area is 101 Å². The summed E-state index contributed by atoms with van der Waals surface area (Å²) in [5, 5.41) is 2.78. The first kappa shape index (κ1) is 13.5. The van der Waals surface area contributed by atoms with Gasteiger partial charge in [0.25, 0.3) is 5.91 Å². The molecule has 0 aliphatic rings. The smallest absolute Gasteiger partial charge is 0.260 e. The van der Waals surface area contributed by atoms with Gasteiger partial charge in [0.1, 0.15) is 11.6 Å². The Hall–Kier alpha value is -1.58. The fourth-order valence-corrected chi connectivity index (χ4v) is 1.22. The Kier molecular flexibility index (Phi) is 4.94. The first-order valence-electron chi connectivity index (χ1n) is 5.69. The van der Waals surface area contributed by atoms with Gasteiger partial charge in [0, 0.05) is 6.54 Å². The van der Waals surface area contributed by atoms with Crippen LogP contribution in [0.4, 0.5) is 4.39 Å². The number of amides is 1. The van der Waals surface area contributed by atoms with Crippen molar-refractivity contribution in [1.82, 2.24) is 5.32 Å². The van der Waals surface area contributed by atoms with Crippen molar-refractivity contribution >= 4 is 5.91 Å². The number of carbonyl (C=O) groups excluding carboxylic acids is 1. The molecule has 0 aliphatic heterocycles. The normalized spacial score (nSPS) is 12.3. The Morgan fingerprint density at radius 3 is 2.41 bits per heavy atom. The molecule has 3 nitrogen and oxygen atoms in total. The Balaban J connectivity index is 2.45. The molecule has 0 spiro atoms. The predicted octanol–water partition coefficient (Wildman–Crippen LogP) is 2.37. The highest BCUT2D eigenvalue weighted by molar-refractivity contribution is 5.80. The molecule has 94 valence electrons. The molecule has 17 heavy (non-hydrogen) atoms. The van der Waals surface area contributed by atoms with Crippen molar-refractivity contribution in [1.29, 1.82) is 0 Å². The van der Waals surface area contributed by atoms with E-state index in [2.05, 4.69) is 5.32 Å². The highest BCUT2D eigenvalue weighted by Gasteiger charge is 2.14. The molecule has 4 heteroatoms. The van der Waals surface area contributed by atoms with Crippen molar-refractivity contribution in [2.75, 3.05) is 6.54 Å². The van der Waals surface area contributed by atoms with E-state index in [9.17, 15) is 9.18 Å². The minimum Gasteiger partial charge on any atom is -0.481 e. The molecule has 1 N–H and O–H groups in total. The fourth-order valence-electron chi connectivity index (χ4n) is 1.22. The van der Waals surface area contributed by atoms with Crippen LogP contribution >= 0.6 is 0 Å². The number of benzene rings is 1. The molecule has 0 radical (unpaired) electrons. The van der Waals surface area contributed by atoms with Crippen molar-refractivity contribution in [3.05, 3.63) is 30.1 Å². The van der Waals surface area contributed by atoms with Gasteiger partial charge in [0.15, 0.2) is 6.10 Å². The number of nitrogens with one attached hydrogen (secondary N) is 1. The molecule has 0 heterocycles. The van der Waals surface area contributed by atoms with Gasteiger partial charge in [0.2, 0.25) is 0 Å². The summed E-state index contributed by atoms with van der Waals surface area (Å²) in [6.07, 6.45) is -0.584. The van der Waals surface area contributed by atoms with E-state index in [4.69, 9.17) is 4.74 Å². The minimum absolute atomic E-state index is 0.164. The van der Waals surface area contributed by atoms with Crippen molar-refractivity contribution in [2.24, 2.45) is 5.92 Å². The molecular weight excluding hydrogens is 221 g/mol. The van der Waals surface area contributed by atoms with Gasteiger partial charge in [0.05, 0.1) is 0 Å². The van der Waals surface area contributed by atoms with Crippen molar-refractivity contribution in [3.63, 3.8) is 0 Å². The zero-order valence-corrected chi connectivity index (χ0v) is 10.4. The SMILES string of the molecule is CC(C)CNC(=O)C(C)Oc1ccc(F)cc1. The fraction of sp³-hybridized carbons (Fsp3) is 0.462. The van der Waals surface area contributed by atoms with Gasteiger partial charge < -0.3 is 10.1 Å². The average Bonchev–Trinajstić information content (AvgIpc) is 2.28. The number of ether oxygens (including phenoxy) is 1. The van der Waals surface area contributed by atoms with E-state index in [1.165, 1.54) is 24.3 Å². The standard InChI is InChI=1S/C13H18FNO2/c1-9(2)8-15-13(16)10(3)17-12-6-4-11(14)5-7-12/h4-7,9-10H,8H2,1-3H3,(H,15,16). The summed E-state index contributed by atoms with van der Waals surface area (Å²) in [6.45, 7) is 6.33. The van der Waals surface area contributed by atoms with Gasteiger partial charge in [-0.2, -0.15) is 0 Å². The van der Waals surface area contributed by atoms with Gasteiger partial charge in [-0.3, -0.25) is 4.79 Å². The van der Waals surface area contributed by atoms with Gasteiger partial charge >= 0.3 is 0 Å². The number of carbonyl (C=O) groups is 1. The topological polar surface area (TPSA) is 38.3 Å².